The van der Waals surface area contributed by atoms with E-state index in [0.29, 0.717) is 19.8 Å². The van der Waals surface area contributed by atoms with E-state index in [-0.39, 0.29) is 24.5 Å². The van der Waals surface area contributed by atoms with Crippen molar-refractivity contribution in [1.82, 2.24) is 15.1 Å². The second-order valence-electron chi connectivity index (χ2n) is 4.31. The quantitative estimate of drug-likeness (QED) is 0.749. The Morgan fingerprint density at radius 2 is 2.12 bits per heavy atom. The van der Waals surface area contributed by atoms with Gasteiger partial charge in [0.1, 0.15) is 6.54 Å². The minimum absolute atomic E-state index is 0.0750. The van der Waals surface area contributed by atoms with Crippen molar-refractivity contribution in [2.24, 2.45) is 0 Å². The molecular weight excluding hydrogens is 222 g/mol. The average Bonchev–Trinajstić information content (AvgIpc) is 2.77. The van der Waals surface area contributed by atoms with Gasteiger partial charge in [0.05, 0.1) is 12.6 Å². The average molecular weight is 243 g/mol. The van der Waals surface area contributed by atoms with Crippen LogP contribution in [0.25, 0.3) is 0 Å². The van der Waals surface area contributed by atoms with E-state index in [9.17, 15) is 9.59 Å². The number of likely N-dealkylation sites (N-methyl/N-ethyl adjacent to an activating group) is 2. The molecule has 1 aliphatic rings. The normalized spacial score (nSPS) is 18.9. The highest BCUT2D eigenvalue weighted by Crippen LogP contribution is 2.04. The van der Waals surface area contributed by atoms with Crippen LogP contribution in [0.2, 0.25) is 0 Å². The van der Waals surface area contributed by atoms with Gasteiger partial charge in [-0.1, -0.05) is 0 Å². The second kappa shape index (κ2) is 6.44. The SMILES string of the molecule is CCN(CC(=O)N(C)C)C(=O)NC1CCOC1. The van der Waals surface area contributed by atoms with E-state index in [0.717, 1.165) is 6.42 Å². The smallest absolute Gasteiger partial charge is 0.318 e. The van der Waals surface area contributed by atoms with Crippen LogP contribution in [0.15, 0.2) is 0 Å². The van der Waals surface area contributed by atoms with Gasteiger partial charge < -0.3 is 19.9 Å². The lowest BCUT2D eigenvalue weighted by molar-refractivity contribution is -0.129. The number of carbonyl (C=O) groups excluding carboxylic acids is 2. The van der Waals surface area contributed by atoms with Crippen LogP contribution in [0.3, 0.4) is 0 Å². The van der Waals surface area contributed by atoms with Crippen molar-refractivity contribution in [2.75, 3.05) is 40.4 Å². The van der Waals surface area contributed by atoms with Gasteiger partial charge in [-0.2, -0.15) is 0 Å². The van der Waals surface area contributed by atoms with Crippen LogP contribution in [0.4, 0.5) is 4.79 Å². The molecule has 0 aromatic heterocycles. The number of ether oxygens (including phenoxy) is 1. The van der Waals surface area contributed by atoms with Gasteiger partial charge >= 0.3 is 6.03 Å². The van der Waals surface area contributed by atoms with Gasteiger partial charge in [-0.15, -0.1) is 0 Å². The van der Waals surface area contributed by atoms with E-state index in [4.69, 9.17) is 4.74 Å². The molecule has 1 aliphatic heterocycles. The zero-order valence-electron chi connectivity index (χ0n) is 10.7. The third kappa shape index (κ3) is 4.22. The summed E-state index contributed by atoms with van der Waals surface area (Å²) >= 11 is 0. The molecular formula is C11H21N3O3. The van der Waals surface area contributed by atoms with Crippen molar-refractivity contribution in [1.29, 1.82) is 0 Å². The molecule has 1 saturated heterocycles. The fourth-order valence-electron chi connectivity index (χ4n) is 1.55. The summed E-state index contributed by atoms with van der Waals surface area (Å²) in [4.78, 5) is 26.4. The summed E-state index contributed by atoms with van der Waals surface area (Å²) in [6.45, 7) is 3.73. The highest BCUT2D eigenvalue weighted by Gasteiger charge is 2.22. The Kier molecular flexibility index (Phi) is 5.21. The van der Waals surface area contributed by atoms with Gasteiger partial charge in [0, 0.05) is 27.2 Å². The van der Waals surface area contributed by atoms with Crippen molar-refractivity contribution in [3.05, 3.63) is 0 Å². The first-order valence-electron chi connectivity index (χ1n) is 5.88. The zero-order chi connectivity index (χ0) is 12.8. The van der Waals surface area contributed by atoms with E-state index < -0.39 is 0 Å². The van der Waals surface area contributed by atoms with E-state index in [1.165, 1.54) is 9.80 Å². The van der Waals surface area contributed by atoms with Gasteiger partial charge in [-0.25, -0.2) is 4.79 Å². The number of amides is 3. The van der Waals surface area contributed by atoms with Gasteiger partial charge in [0.25, 0.3) is 0 Å². The summed E-state index contributed by atoms with van der Waals surface area (Å²) in [6, 6.07) is -0.121. The summed E-state index contributed by atoms with van der Waals surface area (Å²) in [5.41, 5.74) is 0. The maximum atomic E-state index is 11.9. The second-order valence-corrected chi connectivity index (χ2v) is 4.31. The molecule has 0 saturated carbocycles. The van der Waals surface area contributed by atoms with Crippen molar-refractivity contribution >= 4 is 11.9 Å². The first kappa shape index (κ1) is 13.8. The lowest BCUT2D eigenvalue weighted by Gasteiger charge is -2.24. The molecule has 1 fully saturated rings. The number of hydrogen-bond donors (Lipinski definition) is 1. The molecule has 0 aliphatic carbocycles. The summed E-state index contributed by atoms with van der Waals surface area (Å²) in [5, 5.41) is 2.87. The molecule has 17 heavy (non-hydrogen) atoms. The maximum absolute atomic E-state index is 11.9. The Hall–Kier alpha value is -1.30. The number of nitrogens with zero attached hydrogens (tertiary/aromatic N) is 2. The van der Waals surface area contributed by atoms with Crippen LogP contribution in [-0.2, 0) is 9.53 Å². The summed E-state index contributed by atoms with van der Waals surface area (Å²) in [7, 11) is 3.36. The number of carbonyl (C=O) groups is 2. The highest BCUT2D eigenvalue weighted by atomic mass is 16.5. The molecule has 0 radical (unpaired) electrons. The number of hydrogen-bond acceptors (Lipinski definition) is 3. The van der Waals surface area contributed by atoms with Crippen LogP contribution >= 0.6 is 0 Å². The first-order chi connectivity index (χ1) is 8.04. The van der Waals surface area contributed by atoms with Crippen molar-refractivity contribution in [3.8, 4) is 0 Å². The van der Waals surface area contributed by atoms with Gasteiger partial charge in [0.15, 0.2) is 0 Å². The van der Waals surface area contributed by atoms with Crippen LogP contribution in [-0.4, -0.2) is 68.2 Å². The number of urea groups is 1. The van der Waals surface area contributed by atoms with Crippen LogP contribution in [0, 0.1) is 0 Å². The van der Waals surface area contributed by atoms with Gasteiger partial charge in [-0.05, 0) is 13.3 Å². The molecule has 0 bridgehead atoms. The zero-order valence-corrected chi connectivity index (χ0v) is 10.7. The molecule has 1 atom stereocenters. The molecule has 1 heterocycles. The lowest BCUT2D eigenvalue weighted by Crippen LogP contribution is -2.48. The minimum atomic E-state index is -0.196. The summed E-state index contributed by atoms with van der Waals surface area (Å²) < 4.78 is 5.18. The third-order valence-electron chi connectivity index (χ3n) is 2.75. The maximum Gasteiger partial charge on any atom is 0.318 e. The highest BCUT2D eigenvalue weighted by molar-refractivity contribution is 5.83. The predicted octanol–water partition coefficient (Wildman–Crippen LogP) is -0.105. The van der Waals surface area contributed by atoms with Crippen molar-refractivity contribution in [2.45, 2.75) is 19.4 Å². The monoisotopic (exact) mass is 243 g/mol. The molecule has 1 rings (SSSR count). The fourth-order valence-corrected chi connectivity index (χ4v) is 1.55. The summed E-state index contributed by atoms with van der Waals surface area (Å²) in [6.07, 6.45) is 0.838. The summed E-state index contributed by atoms with van der Waals surface area (Å²) in [5.74, 6) is -0.0790. The Balaban J connectivity index is 2.42. The number of nitrogens with one attached hydrogen (secondary N) is 1. The van der Waals surface area contributed by atoms with E-state index in [1.54, 1.807) is 14.1 Å². The minimum Gasteiger partial charge on any atom is -0.379 e. The molecule has 98 valence electrons. The molecule has 0 spiro atoms. The van der Waals surface area contributed by atoms with Gasteiger partial charge in [0.2, 0.25) is 5.91 Å². The topological polar surface area (TPSA) is 61.9 Å². The Morgan fingerprint density at radius 1 is 1.41 bits per heavy atom. The van der Waals surface area contributed by atoms with E-state index >= 15 is 0 Å². The molecule has 0 aromatic rings. The number of rotatable bonds is 4. The lowest BCUT2D eigenvalue weighted by atomic mass is 10.3. The van der Waals surface area contributed by atoms with Crippen LogP contribution in [0.1, 0.15) is 13.3 Å². The molecule has 0 aromatic carbocycles. The van der Waals surface area contributed by atoms with Gasteiger partial charge in [-0.3, -0.25) is 4.79 Å². The largest absolute Gasteiger partial charge is 0.379 e. The Morgan fingerprint density at radius 3 is 2.59 bits per heavy atom. The Labute approximate surface area is 102 Å². The predicted molar refractivity (Wildman–Crippen MR) is 63.7 cm³/mol. The van der Waals surface area contributed by atoms with E-state index in [2.05, 4.69) is 5.32 Å². The molecule has 3 amide bonds. The molecule has 1 N–H and O–H groups in total. The van der Waals surface area contributed by atoms with Crippen molar-refractivity contribution < 1.29 is 14.3 Å². The van der Waals surface area contributed by atoms with E-state index in [1.807, 2.05) is 6.92 Å². The molecule has 1 unspecified atom stereocenters. The third-order valence-corrected chi connectivity index (χ3v) is 2.75. The Bertz CT molecular complexity index is 275. The van der Waals surface area contributed by atoms with Crippen LogP contribution < -0.4 is 5.32 Å². The van der Waals surface area contributed by atoms with Crippen LogP contribution in [0.5, 0.6) is 0 Å². The molecule has 6 heteroatoms. The standard InChI is InChI=1S/C11H21N3O3/c1-4-14(7-10(15)13(2)3)11(16)12-9-5-6-17-8-9/h9H,4-8H2,1-3H3,(H,12,16). The molecule has 6 nitrogen and oxygen atoms in total. The first-order valence-corrected chi connectivity index (χ1v) is 5.88. The fraction of sp³-hybridized carbons (Fsp3) is 0.818. The van der Waals surface area contributed by atoms with Crippen molar-refractivity contribution in [3.63, 3.8) is 0 Å².